The van der Waals surface area contributed by atoms with Gasteiger partial charge in [-0.25, -0.2) is 4.79 Å². The smallest absolute Gasteiger partial charge is 0.327 e. The number of nitrogens with two attached hydrogens (primary N) is 1. The molecule has 0 bridgehead atoms. The van der Waals surface area contributed by atoms with Crippen LogP contribution in [0.1, 0.15) is 18.5 Å². The van der Waals surface area contributed by atoms with Crippen molar-refractivity contribution in [1.29, 1.82) is 0 Å². The number of aromatic nitrogens is 1. The summed E-state index contributed by atoms with van der Waals surface area (Å²) in [6.07, 6.45) is 1.78. The normalized spacial score (nSPS) is 12.6. The summed E-state index contributed by atoms with van der Waals surface area (Å²) in [7, 11) is 1.84. The van der Waals surface area contributed by atoms with Crippen molar-refractivity contribution >= 4 is 16.9 Å². The first-order chi connectivity index (χ1) is 8.54. The summed E-state index contributed by atoms with van der Waals surface area (Å²) < 4.78 is 6.74. The molecule has 0 saturated heterocycles. The number of phenols is 1. The van der Waals surface area contributed by atoms with Crippen LogP contribution in [-0.4, -0.2) is 22.2 Å². The number of phenolic OH excluding ortho intramolecular Hbond substituents is 1. The molecule has 96 valence electrons. The number of aryl methyl sites for hydroxylation is 1. The number of ether oxygens (including phenoxy) is 1. The number of hydrogen-bond donors (Lipinski definition) is 2. The zero-order valence-corrected chi connectivity index (χ0v) is 10.4. The molecule has 5 heteroatoms. The van der Waals surface area contributed by atoms with Crippen molar-refractivity contribution in [2.45, 2.75) is 13.0 Å². The Kier molecular flexibility index (Phi) is 3.25. The third-order valence-electron chi connectivity index (χ3n) is 2.88. The lowest BCUT2D eigenvalue weighted by molar-refractivity contribution is -0.144. The van der Waals surface area contributed by atoms with Crippen LogP contribution in [0.25, 0.3) is 10.9 Å². The van der Waals surface area contributed by atoms with Crippen LogP contribution in [0.5, 0.6) is 5.75 Å². The Morgan fingerprint density at radius 3 is 2.94 bits per heavy atom. The van der Waals surface area contributed by atoms with Crippen molar-refractivity contribution in [3.63, 3.8) is 0 Å². The van der Waals surface area contributed by atoms with E-state index in [-0.39, 0.29) is 5.75 Å². The fourth-order valence-electron chi connectivity index (χ4n) is 2.01. The maximum Gasteiger partial charge on any atom is 0.327 e. The topological polar surface area (TPSA) is 77.5 Å². The molecule has 0 saturated carbocycles. The number of fused-ring (bicyclic) bond motifs is 1. The maximum absolute atomic E-state index is 11.7. The summed E-state index contributed by atoms with van der Waals surface area (Å²) in [5.41, 5.74) is 7.42. The lowest BCUT2D eigenvalue weighted by Crippen LogP contribution is -2.23. The van der Waals surface area contributed by atoms with E-state index in [9.17, 15) is 9.90 Å². The summed E-state index contributed by atoms with van der Waals surface area (Å²) in [6.45, 7) is 2.05. The van der Waals surface area contributed by atoms with E-state index in [1.165, 1.54) is 0 Å². The lowest BCUT2D eigenvalue weighted by atomic mass is 10.1. The summed E-state index contributed by atoms with van der Waals surface area (Å²) in [5, 5.41) is 10.3. The Morgan fingerprint density at radius 2 is 2.28 bits per heavy atom. The minimum absolute atomic E-state index is 0.181. The first kappa shape index (κ1) is 12.4. The SMILES string of the molecule is CCOC(=O)C(N)c1cn(C)c2cc(O)ccc12. The summed E-state index contributed by atoms with van der Waals surface area (Å²) >= 11 is 0. The van der Waals surface area contributed by atoms with E-state index in [4.69, 9.17) is 10.5 Å². The van der Waals surface area contributed by atoms with Gasteiger partial charge in [-0.2, -0.15) is 0 Å². The number of carbonyl (C=O) groups is 1. The molecule has 3 N–H and O–H groups in total. The highest BCUT2D eigenvalue weighted by Crippen LogP contribution is 2.28. The van der Waals surface area contributed by atoms with Crippen LogP contribution < -0.4 is 5.73 Å². The highest BCUT2D eigenvalue weighted by atomic mass is 16.5. The van der Waals surface area contributed by atoms with Crippen molar-refractivity contribution in [3.8, 4) is 5.75 Å². The zero-order chi connectivity index (χ0) is 13.3. The average Bonchev–Trinajstić information content (AvgIpc) is 2.66. The predicted octanol–water partition coefficient (Wildman–Crippen LogP) is 1.45. The molecule has 0 aliphatic rings. The molecule has 1 aromatic carbocycles. The zero-order valence-electron chi connectivity index (χ0n) is 10.4. The number of nitrogens with zero attached hydrogens (tertiary/aromatic N) is 1. The van der Waals surface area contributed by atoms with Gasteiger partial charge in [-0.05, 0) is 19.1 Å². The Labute approximate surface area is 105 Å². The molecular formula is C13H16N2O3. The monoisotopic (exact) mass is 248 g/mol. The van der Waals surface area contributed by atoms with Crippen LogP contribution in [0.2, 0.25) is 0 Å². The number of esters is 1. The molecular weight excluding hydrogens is 232 g/mol. The van der Waals surface area contributed by atoms with Crippen LogP contribution in [-0.2, 0) is 16.6 Å². The molecule has 1 atom stereocenters. The molecule has 1 heterocycles. The van der Waals surface area contributed by atoms with Gasteiger partial charge in [0.2, 0.25) is 0 Å². The molecule has 0 spiro atoms. The molecule has 1 aromatic heterocycles. The second-order valence-corrected chi connectivity index (χ2v) is 4.13. The maximum atomic E-state index is 11.7. The van der Waals surface area contributed by atoms with E-state index in [0.29, 0.717) is 12.2 Å². The first-order valence-corrected chi connectivity index (χ1v) is 5.74. The van der Waals surface area contributed by atoms with Gasteiger partial charge in [-0.3, -0.25) is 0 Å². The van der Waals surface area contributed by atoms with Gasteiger partial charge < -0.3 is 20.1 Å². The lowest BCUT2D eigenvalue weighted by Gasteiger charge is -2.09. The number of benzene rings is 1. The van der Waals surface area contributed by atoms with Crippen LogP contribution in [0.15, 0.2) is 24.4 Å². The van der Waals surface area contributed by atoms with E-state index >= 15 is 0 Å². The second-order valence-electron chi connectivity index (χ2n) is 4.13. The fraction of sp³-hybridized carbons (Fsp3) is 0.308. The van der Waals surface area contributed by atoms with Gasteiger partial charge in [0.1, 0.15) is 11.8 Å². The standard InChI is InChI=1S/C13H16N2O3/c1-3-18-13(17)12(14)10-7-15(2)11-6-8(16)4-5-9(10)11/h4-7,12,16H,3,14H2,1-2H3. The highest BCUT2D eigenvalue weighted by Gasteiger charge is 2.21. The quantitative estimate of drug-likeness (QED) is 0.806. The van der Waals surface area contributed by atoms with E-state index < -0.39 is 12.0 Å². The molecule has 0 amide bonds. The molecule has 2 aromatic rings. The highest BCUT2D eigenvalue weighted by molar-refractivity contribution is 5.90. The average molecular weight is 248 g/mol. The molecule has 1 unspecified atom stereocenters. The molecule has 0 aliphatic carbocycles. The van der Waals surface area contributed by atoms with E-state index in [2.05, 4.69) is 0 Å². The fourth-order valence-corrected chi connectivity index (χ4v) is 2.01. The first-order valence-electron chi connectivity index (χ1n) is 5.74. The molecule has 0 fully saturated rings. The third-order valence-corrected chi connectivity index (χ3v) is 2.88. The summed E-state index contributed by atoms with van der Waals surface area (Å²) in [6, 6.07) is 4.15. The van der Waals surface area contributed by atoms with E-state index in [1.54, 1.807) is 31.3 Å². The Bertz CT molecular complexity index is 589. The van der Waals surface area contributed by atoms with Crippen molar-refractivity contribution in [1.82, 2.24) is 4.57 Å². The van der Waals surface area contributed by atoms with Crippen LogP contribution in [0.3, 0.4) is 0 Å². The molecule has 18 heavy (non-hydrogen) atoms. The second kappa shape index (κ2) is 4.70. The van der Waals surface area contributed by atoms with Gasteiger partial charge in [-0.15, -0.1) is 0 Å². The minimum atomic E-state index is -0.807. The Balaban J connectivity index is 2.48. The van der Waals surface area contributed by atoms with E-state index in [0.717, 1.165) is 10.9 Å². The Hall–Kier alpha value is -2.01. The largest absolute Gasteiger partial charge is 0.508 e. The molecule has 2 rings (SSSR count). The van der Waals surface area contributed by atoms with Crippen molar-refractivity contribution in [3.05, 3.63) is 30.0 Å². The van der Waals surface area contributed by atoms with Crippen LogP contribution in [0.4, 0.5) is 0 Å². The van der Waals surface area contributed by atoms with Crippen molar-refractivity contribution in [2.24, 2.45) is 12.8 Å². The van der Waals surface area contributed by atoms with Crippen molar-refractivity contribution in [2.75, 3.05) is 6.61 Å². The van der Waals surface area contributed by atoms with Crippen molar-refractivity contribution < 1.29 is 14.6 Å². The molecule has 0 radical (unpaired) electrons. The molecule has 0 aliphatic heterocycles. The van der Waals surface area contributed by atoms with Crippen LogP contribution in [0, 0.1) is 0 Å². The van der Waals surface area contributed by atoms with Crippen LogP contribution >= 0.6 is 0 Å². The number of aromatic hydroxyl groups is 1. The van der Waals surface area contributed by atoms with Gasteiger partial charge in [0.05, 0.1) is 12.1 Å². The number of carbonyl (C=O) groups excluding carboxylic acids is 1. The van der Waals surface area contributed by atoms with Gasteiger partial charge in [0.25, 0.3) is 0 Å². The van der Waals surface area contributed by atoms with E-state index in [1.807, 2.05) is 11.6 Å². The third kappa shape index (κ3) is 2.04. The Morgan fingerprint density at radius 1 is 1.56 bits per heavy atom. The van der Waals surface area contributed by atoms with Gasteiger partial charge in [0.15, 0.2) is 0 Å². The summed E-state index contributed by atoms with van der Waals surface area (Å²) in [5.74, 6) is -0.266. The van der Waals surface area contributed by atoms with Gasteiger partial charge >= 0.3 is 5.97 Å². The van der Waals surface area contributed by atoms with Gasteiger partial charge in [0, 0.05) is 30.3 Å². The summed E-state index contributed by atoms with van der Waals surface area (Å²) in [4.78, 5) is 11.7. The van der Waals surface area contributed by atoms with Gasteiger partial charge in [-0.1, -0.05) is 0 Å². The number of rotatable bonds is 3. The minimum Gasteiger partial charge on any atom is -0.508 e. The molecule has 5 nitrogen and oxygen atoms in total. The predicted molar refractivity (Wildman–Crippen MR) is 68.1 cm³/mol. The number of hydrogen-bond acceptors (Lipinski definition) is 4.